The molecule has 4 nitrogen and oxygen atoms in total. The third kappa shape index (κ3) is 4.14. The number of hydrogen-bond donors (Lipinski definition) is 0. The number of benzene rings is 2. The van der Waals surface area contributed by atoms with Crippen molar-refractivity contribution in [1.29, 1.82) is 0 Å². The molecule has 0 radical (unpaired) electrons. The van der Waals surface area contributed by atoms with E-state index >= 15 is 0 Å². The second-order valence-electron chi connectivity index (χ2n) is 6.29. The summed E-state index contributed by atoms with van der Waals surface area (Å²) in [5, 5.41) is 0.594. The SMILES string of the molecule is COc1cccc(C(C)N2CCN(C(=O)c3cccc(Cl)c3)CC2)c1. The summed E-state index contributed by atoms with van der Waals surface area (Å²) in [4.78, 5) is 16.9. The Morgan fingerprint density at radius 3 is 2.48 bits per heavy atom. The smallest absolute Gasteiger partial charge is 0.253 e. The lowest BCUT2D eigenvalue weighted by atomic mass is 10.1. The van der Waals surface area contributed by atoms with E-state index in [1.807, 2.05) is 29.2 Å². The molecule has 0 spiro atoms. The Kier molecular flexibility index (Phi) is 5.61. The minimum Gasteiger partial charge on any atom is -0.497 e. The van der Waals surface area contributed by atoms with Gasteiger partial charge in [0.05, 0.1) is 7.11 Å². The zero-order chi connectivity index (χ0) is 17.8. The van der Waals surface area contributed by atoms with Gasteiger partial charge < -0.3 is 9.64 Å². The summed E-state index contributed by atoms with van der Waals surface area (Å²) in [7, 11) is 1.68. The normalized spacial score (nSPS) is 16.5. The van der Waals surface area contributed by atoms with E-state index in [9.17, 15) is 4.79 Å². The highest BCUT2D eigenvalue weighted by atomic mass is 35.5. The number of amides is 1. The number of carbonyl (C=O) groups is 1. The summed E-state index contributed by atoms with van der Waals surface area (Å²) in [6.45, 7) is 5.35. The van der Waals surface area contributed by atoms with Crippen molar-refractivity contribution in [2.24, 2.45) is 0 Å². The lowest BCUT2D eigenvalue weighted by Gasteiger charge is -2.38. The van der Waals surface area contributed by atoms with E-state index in [4.69, 9.17) is 16.3 Å². The number of nitrogens with zero attached hydrogens (tertiary/aromatic N) is 2. The first-order valence-corrected chi connectivity index (χ1v) is 8.89. The number of ether oxygens (including phenoxy) is 1. The predicted molar refractivity (Wildman–Crippen MR) is 100 cm³/mol. The van der Waals surface area contributed by atoms with Gasteiger partial charge in [0, 0.05) is 42.8 Å². The molecule has 0 N–H and O–H groups in total. The molecule has 2 aromatic rings. The largest absolute Gasteiger partial charge is 0.497 e. The highest BCUT2D eigenvalue weighted by Crippen LogP contribution is 2.25. The van der Waals surface area contributed by atoms with Crippen LogP contribution in [0.25, 0.3) is 0 Å². The van der Waals surface area contributed by atoms with Gasteiger partial charge in [-0.15, -0.1) is 0 Å². The van der Waals surface area contributed by atoms with E-state index in [0.717, 1.165) is 31.9 Å². The number of methoxy groups -OCH3 is 1. The molecule has 1 fully saturated rings. The first-order valence-electron chi connectivity index (χ1n) is 8.51. The predicted octanol–water partition coefficient (Wildman–Crippen LogP) is 3.87. The van der Waals surface area contributed by atoms with Crippen LogP contribution in [0, 0.1) is 0 Å². The van der Waals surface area contributed by atoms with Crippen LogP contribution >= 0.6 is 11.6 Å². The second kappa shape index (κ2) is 7.89. The Hall–Kier alpha value is -2.04. The van der Waals surface area contributed by atoms with E-state index < -0.39 is 0 Å². The second-order valence-corrected chi connectivity index (χ2v) is 6.73. The van der Waals surface area contributed by atoms with Crippen LogP contribution in [0.4, 0.5) is 0 Å². The highest BCUT2D eigenvalue weighted by Gasteiger charge is 2.25. The van der Waals surface area contributed by atoms with E-state index in [-0.39, 0.29) is 5.91 Å². The minimum atomic E-state index is 0.0520. The molecule has 1 amide bonds. The fraction of sp³-hybridized carbons (Fsp3) is 0.350. The lowest BCUT2D eigenvalue weighted by Crippen LogP contribution is -2.49. The lowest BCUT2D eigenvalue weighted by molar-refractivity contribution is 0.0582. The first kappa shape index (κ1) is 17.8. The maximum Gasteiger partial charge on any atom is 0.253 e. The first-order chi connectivity index (χ1) is 12.1. The van der Waals surface area contributed by atoms with Gasteiger partial charge in [0.15, 0.2) is 0 Å². The van der Waals surface area contributed by atoms with Crippen LogP contribution in [0.5, 0.6) is 5.75 Å². The molecule has 1 saturated heterocycles. The quantitative estimate of drug-likeness (QED) is 0.831. The Bertz CT molecular complexity index is 742. The molecule has 1 unspecified atom stereocenters. The minimum absolute atomic E-state index is 0.0520. The molecule has 3 rings (SSSR count). The van der Waals surface area contributed by atoms with Crippen LogP contribution < -0.4 is 4.74 Å². The van der Waals surface area contributed by atoms with Gasteiger partial charge in [-0.2, -0.15) is 0 Å². The summed E-state index contributed by atoms with van der Waals surface area (Å²) < 4.78 is 5.32. The van der Waals surface area contributed by atoms with E-state index in [1.165, 1.54) is 5.56 Å². The van der Waals surface area contributed by atoms with Crippen molar-refractivity contribution in [1.82, 2.24) is 9.80 Å². The molecule has 0 bridgehead atoms. The van der Waals surface area contributed by atoms with Gasteiger partial charge in [0.1, 0.15) is 5.75 Å². The number of hydrogen-bond acceptors (Lipinski definition) is 3. The van der Waals surface area contributed by atoms with Crippen molar-refractivity contribution in [3.63, 3.8) is 0 Å². The topological polar surface area (TPSA) is 32.8 Å². The molecule has 1 aliphatic heterocycles. The summed E-state index contributed by atoms with van der Waals surface area (Å²) >= 11 is 6.00. The van der Waals surface area contributed by atoms with Gasteiger partial charge >= 0.3 is 0 Å². The molecule has 25 heavy (non-hydrogen) atoms. The summed E-state index contributed by atoms with van der Waals surface area (Å²) in [5.74, 6) is 0.926. The van der Waals surface area contributed by atoms with E-state index in [2.05, 4.69) is 24.0 Å². The number of rotatable bonds is 4. The molecule has 5 heteroatoms. The number of piperazine rings is 1. The monoisotopic (exact) mass is 358 g/mol. The van der Waals surface area contributed by atoms with Crippen LogP contribution in [-0.2, 0) is 0 Å². The van der Waals surface area contributed by atoms with Crippen molar-refractivity contribution >= 4 is 17.5 Å². The van der Waals surface area contributed by atoms with Gasteiger partial charge in [-0.25, -0.2) is 0 Å². The van der Waals surface area contributed by atoms with Crippen LogP contribution in [0.1, 0.15) is 28.9 Å². The molecule has 1 heterocycles. The van der Waals surface area contributed by atoms with Gasteiger partial charge in [0.2, 0.25) is 0 Å². The molecule has 1 aliphatic rings. The van der Waals surface area contributed by atoms with Crippen LogP contribution in [0.15, 0.2) is 48.5 Å². The van der Waals surface area contributed by atoms with Gasteiger partial charge in [-0.1, -0.05) is 29.8 Å². The van der Waals surface area contributed by atoms with Crippen LogP contribution in [-0.4, -0.2) is 49.0 Å². The van der Waals surface area contributed by atoms with E-state index in [1.54, 1.807) is 19.2 Å². The highest BCUT2D eigenvalue weighted by molar-refractivity contribution is 6.30. The summed E-state index contributed by atoms with van der Waals surface area (Å²) in [6.07, 6.45) is 0. The zero-order valence-electron chi connectivity index (χ0n) is 14.6. The number of halogens is 1. The van der Waals surface area contributed by atoms with Crippen LogP contribution in [0.2, 0.25) is 5.02 Å². The maximum atomic E-state index is 12.6. The third-order valence-electron chi connectivity index (χ3n) is 4.80. The Balaban J connectivity index is 1.62. The summed E-state index contributed by atoms with van der Waals surface area (Å²) in [6, 6.07) is 15.6. The average Bonchev–Trinajstić information content (AvgIpc) is 2.67. The van der Waals surface area contributed by atoms with Crippen molar-refractivity contribution in [3.05, 3.63) is 64.7 Å². The Morgan fingerprint density at radius 1 is 1.08 bits per heavy atom. The van der Waals surface area contributed by atoms with Crippen molar-refractivity contribution < 1.29 is 9.53 Å². The molecule has 0 aromatic heterocycles. The summed E-state index contributed by atoms with van der Waals surface area (Å²) in [5.41, 5.74) is 1.88. The standard InChI is InChI=1S/C20H23ClN2O2/c1-15(16-5-4-8-19(14-16)25-2)22-9-11-23(12-10-22)20(24)17-6-3-7-18(21)13-17/h3-8,13-15H,9-12H2,1-2H3. The van der Waals surface area contributed by atoms with Gasteiger partial charge in [0.25, 0.3) is 5.91 Å². The molecule has 2 aromatic carbocycles. The van der Waals surface area contributed by atoms with Gasteiger partial charge in [-0.05, 0) is 42.8 Å². The molecule has 0 saturated carbocycles. The van der Waals surface area contributed by atoms with E-state index in [0.29, 0.717) is 16.6 Å². The van der Waals surface area contributed by atoms with Crippen LogP contribution in [0.3, 0.4) is 0 Å². The molecular weight excluding hydrogens is 336 g/mol. The Morgan fingerprint density at radius 2 is 1.80 bits per heavy atom. The van der Waals surface area contributed by atoms with Crippen molar-refractivity contribution in [2.45, 2.75) is 13.0 Å². The Labute approximate surface area is 154 Å². The number of carbonyl (C=O) groups excluding carboxylic acids is 1. The maximum absolute atomic E-state index is 12.6. The fourth-order valence-electron chi connectivity index (χ4n) is 3.23. The van der Waals surface area contributed by atoms with Crippen molar-refractivity contribution in [2.75, 3.05) is 33.3 Å². The molecule has 0 aliphatic carbocycles. The molecule has 1 atom stereocenters. The van der Waals surface area contributed by atoms with Crippen molar-refractivity contribution in [3.8, 4) is 5.75 Å². The van der Waals surface area contributed by atoms with Gasteiger partial charge in [-0.3, -0.25) is 9.69 Å². The fourth-order valence-corrected chi connectivity index (χ4v) is 3.42. The molecule has 132 valence electrons. The molecular formula is C20H23ClN2O2. The zero-order valence-corrected chi connectivity index (χ0v) is 15.4. The third-order valence-corrected chi connectivity index (χ3v) is 5.03. The average molecular weight is 359 g/mol.